The Balaban J connectivity index is 2.53. The first kappa shape index (κ1) is 15.2. The molecule has 102 valence electrons. The number of thioether (sulfide) groups is 1. The van der Waals surface area contributed by atoms with Crippen molar-refractivity contribution < 1.29 is 18.0 Å². The van der Waals surface area contributed by atoms with Gasteiger partial charge in [0, 0.05) is 4.75 Å². The fraction of sp³-hybridized carbons (Fsp3) is 0.667. The summed E-state index contributed by atoms with van der Waals surface area (Å²) >= 11 is 1.71. The molecule has 9 heteroatoms. The number of halogens is 3. The minimum Gasteiger partial charge on any atom is -0.300 e. The molecule has 1 heterocycles. The van der Waals surface area contributed by atoms with Gasteiger partial charge in [0.05, 0.1) is 5.75 Å². The Bertz CT molecular complexity index is 425. The highest BCUT2D eigenvalue weighted by Gasteiger charge is 2.35. The molecule has 0 aliphatic rings. The third-order valence-corrected chi connectivity index (χ3v) is 3.71. The molecular weight excluding hydrogens is 287 g/mol. The Hall–Kier alpha value is -0.830. The molecule has 0 radical (unpaired) electrons. The summed E-state index contributed by atoms with van der Waals surface area (Å²) in [7, 11) is 0. The first-order valence-electron chi connectivity index (χ1n) is 4.92. The van der Waals surface area contributed by atoms with Crippen LogP contribution in [0.25, 0.3) is 0 Å². The SMILES string of the molecule is CC(C)(C)SCC(=O)Nc1nnc(C(F)(F)F)s1. The lowest BCUT2D eigenvalue weighted by Gasteiger charge is -2.16. The van der Waals surface area contributed by atoms with Crippen molar-refractivity contribution in [3.63, 3.8) is 0 Å². The smallest absolute Gasteiger partial charge is 0.300 e. The van der Waals surface area contributed by atoms with Crippen LogP contribution >= 0.6 is 23.1 Å². The van der Waals surface area contributed by atoms with Crippen LogP contribution in [0.1, 0.15) is 25.8 Å². The number of rotatable bonds is 3. The second-order valence-electron chi connectivity index (χ2n) is 4.36. The quantitative estimate of drug-likeness (QED) is 0.932. The van der Waals surface area contributed by atoms with Gasteiger partial charge in [-0.05, 0) is 0 Å². The lowest BCUT2D eigenvalue weighted by atomic mass is 10.3. The fourth-order valence-corrected chi connectivity index (χ4v) is 2.09. The summed E-state index contributed by atoms with van der Waals surface area (Å²) in [5.74, 6) is -0.232. The van der Waals surface area contributed by atoms with Gasteiger partial charge in [0.15, 0.2) is 0 Å². The van der Waals surface area contributed by atoms with E-state index in [1.54, 1.807) is 0 Å². The maximum atomic E-state index is 12.2. The highest BCUT2D eigenvalue weighted by molar-refractivity contribution is 8.01. The van der Waals surface area contributed by atoms with Crippen LogP contribution in [0.2, 0.25) is 0 Å². The maximum Gasteiger partial charge on any atom is 0.445 e. The number of carbonyl (C=O) groups excluding carboxylic acids is 1. The first-order chi connectivity index (χ1) is 8.08. The molecule has 0 bridgehead atoms. The number of alkyl halides is 3. The molecule has 0 spiro atoms. The number of hydrogen-bond acceptors (Lipinski definition) is 5. The van der Waals surface area contributed by atoms with Gasteiger partial charge >= 0.3 is 6.18 Å². The van der Waals surface area contributed by atoms with Gasteiger partial charge in [-0.3, -0.25) is 10.1 Å². The Morgan fingerprint density at radius 1 is 1.33 bits per heavy atom. The van der Waals surface area contributed by atoms with Gasteiger partial charge in [0.1, 0.15) is 0 Å². The predicted molar refractivity (Wildman–Crippen MR) is 65.8 cm³/mol. The van der Waals surface area contributed by atoms with E-state index in [1.165, 1.54) is 11.8 Å². The molecule has 1 N–H and O–H groups in total. The zero-order valence-corrected chi connectivity index (χ0v) is 11.6. The molecule has 1 rings (SSSR count). The van der Waals surface area contributed by atoms with Crippen molar-refractivity contribution in [3.05, 3.63) is 5.01 Å². The monoisotopic (exact) mass is 299 g/mol. The highest BCUT2D eigenvalue weighted by atomic mass is 32.2. The zero-order chi connectivity index (χ0) is 14.0. The molecule has 4 nitrogen and oxygen atoms in total. The Morgan fingerprint density at radius 3 is 2.39 bits per heavy atom. The van der Waals surface area contributed by atoms with E-state index in [2.05, 4.69) is 15.5 Å². The molecule has 0 saturated carbocycles. The summed E-state index contributed by atoms with van der Waals surface area (Å²) < 4.78 is 36.6. The maximum absolute atomic E-state index is 12.2. The molecular formula is C9H12F3N3OS2. The normalized spacial score (nSPS) is 12.6. The minimum absolute atomic E-state index is 0.0877. The van der Waals surface area contributed by atoms with Gasteiger partial charge in [-0.2, -0.15) is 13.2 Å². The summed E-state index contributed by atoms with van der Waals surface area (Å²) in [6, 6.07) is 0. The lowest BCUT2D eigenvalue weighted by molar-refractivity contribution is -0.138. The molecule has 0 aliphatic carbocycles. The average Bonchev–Trinajstić information content (AvgIpc) is 2.61. The summed E-state index contributed by atoms with van der Waals surface area (Å²) in [6.45, 7) is 5.83. The molecule has 1 aromatic rings. The number of hydrogen-bond donors (Lipinski definition) is 1. The van der Waals surface area contributed by atoms with Crippen LogP contribution in [0.5, 0.6) is 0 Å². The van der Waals surface area contributed by atoms with Gasteiger partial charge in [-0.15, -0.1) is 22.0 Å². The number of nitrogens with one attached hydrogen (secondary N) is 1. The van der Waals surface area contributed by atoms with E-state index in [1.807, 2.05) is 20.8 Å². The van der Waals surface area contributed by atoms with Gasteiger partial charge < -0.3 is 0 Å². The summed E-state index contributed by atoms with van der Waals surface area (Å²) in [4.78, 5) is 11.4. The molecule has 0 aliphatic heterocycles. The van der Waals surface area contributed by atoms with E-state index >= 15 is 0 Å². The van der Waals surface area contributed by atoms with E-state index in [-0.39, 0.29) is 21.5 Å². The Morgan fingerprint density at radius 2 is 1.94 bits per heavy atom. The fourth-order valence-electron chi connectivity index (χ4n) is 0.826. The van der Waals surface area contributed by atoms with E-state index < -0.39 is 11.2 Å². The molecule has 0 atom stereocenters. The van der Waals surface area contributed by atoms with Crippen LogP contribution in [0.15, 0.2) is 0 Å². The largest absolute Gasteiger partial charge is 0.445 e. The summed E-state index contributed by atoms with van der Waals surface area (Å²) in [6.07, 6.45) is -4.53. The van der Waals surface area contributed by atoms with Crippen molar-refractivity contribution in [2.24, 2.45) is 0 Å². The lowest BCUT2D eigenvalue weighted by Crippen LogP contribution is -2.18. The van der Waals surface area contributed by atoms with Gasteiger partial charge in [0.25, 0.3) is 0 Å². The molecule has 0 aromatic carbocycles. The molecule has 1 amide bonds. The predicted octanol–water partition coefficient (Wildman–Crippen LogP) is 3.03. The molecule has 0 fully saturated rings. The van der Waals surface area contributed by atoms with Crippen LogP contribution < -0.4 is 5.32 Å². The standard InChI is InChI=1S/C9H12F3N3OS2/c1-8(2,3)17-4-5(16)13-7-15-14-6(18-7)9(10,11)12/h4H2,1-3H3,(H,13,15,16). The van der Waals surface area contributed by atoms with E-state index in [0.717, 1.165) is 0 Å². The van der Waals surface area contributed by atoms with Crippen LogP contribution in [0, 0.1) is 0 Å². The van der Waals surface area contributed by atoms with Gasteiger partial charge in [-0.1, -0.05) is 32.1 Å². The summed E-state index contributed by atoms with van der Waals surface area (Å²) in [5.41, 5.74) is 0. The third kappa shape index (κ3) is 5.21. The first-order valence-corrected chi connectivity index (χ1v) is 6.72. The van der Waals surface area contributed by atoms with Gasteiger partial charge in [-0.25, -0.2) is 0 Å². The third-order valence-electron chi connectivity index (χ3n) is 1.55. The Kier molecular flexibility index (Phi) is 4.60. The number of nitrogens with zero attached hydrogens (tertiary/aromatic N) is 2. The second-order valence-corrected chi connectivity index (χ2v) is 7.14. The second kappa shape index (κ2) is 5.43. The van der Waals surface area contributed by atoms with Crippen molar-refractivity contribution in [1.29, 1.82) is 0 Å². The van der Waals surface area contributed by atoms with Crippen molar-refractivity contribution in [1.82, 2.24) is 10.2 Å². The van der Waals surface area contributed by atoms with Crippen molar-refractivity contribution in [2.75, 3.05) is 11.1 Å². The number of carbonyl (C=O) groups is 1. The van der Waals surface area contributed by atoms with Crippen molar-refractivity contribution >= 4 is 34.1 Å². The van der Waals surface area contributed by atoms with E-state index in [0.29, 0.717) is 11.3 Å². The van der Waals surface area contributed by atoms with Crippen LogP contribution in [0.3, 0.4) is 0 Å². The van der Waals surface area contributed by atoms with Crippen molar-refractivity contribution in [3.8, 4) is 0 Å². The minimum atomic E-state index is -4.53. The average molecular weight is 299 g/mol. The van der Waals surface area contributed by atoms with Crippen LogP contribution in [0.4, 0.5) is 18.3 Å². The highest BCUT2D eigenvalue weighted by Crippen LogP contribution is 2.33. The molecule has 0 saturated heterocycles. The summed E-state index contributed by atoms with van der Waals surface area (Å²) in [5, 5.41) is 7.33. The number of amides is 1. The molecule has 18 heavy (non-hydrogen) atoms. The number of anilines is 1. The van der Waals surface area contributed by atoms with E-state index in [9.17, 15) is 18.0 Å². The zero-order valence-electron chi connectivity index (χ0n) is 9.96. The van der Waals surface area contributed by atoms with Crippen molar-refractivity contribution in [2.45, 2.75) is 31.7 Å². The molecule has 0 unspecified atom stereocenters. The Labute approximate surface area is 110 Å². The van der Waals surface area contributed by atoms with Crippen LogP contribution in [-0.4, -0.2) is 26.6 Å². The number of aromatic nitrogens is 2. The van der Waals surface area contributed by atoms with E-state index in [4.69, 9.17) is 0 Å². The topological polar surface area (TPSA) is 54.9 Å². The van der Waals surface area contributed by atoms with Crippen LogP contribution in [-0.2, 0) is 11.0 Å². The van der Waals surface area contributed by atoms with Gasteiger partial charge in [0.2, 0.25) is 16.0 Å². The molecule has 1 aromatic heterocycles.